The summed E-state index contributed by atoms with van der Waals surface area (Å²) in [5.41, 5.74) is 0. The Morgan fingerprint density at radius 1 is 1.32 bits per heavy atom. The Morgan fingerprint density at radius 3 is 2.61 bits per heavy atom. The number of fused-ring (bicyclic) bond motifs is 1. The number of halogens is 3. The number of hydrogen-bond acceptors (Lipinski definition) is 5. The Morgan fingerprint density at radius 2 is 2.03 bits per heavy atom. The molecule has 11 heteroatoms. The SMILES string of the molecule is CN(Cc1ccco1)CC1OC[C@@H]2CCN(C(=O)NC3CC3)C[C@H]12.O=C(O)C(F)(F)F. The molecule has 31 heavy (non-hydrogen) atoms. The number of carbonyl (C=O) groups is 2. The van der Waals surface area contributed by atoms with Gasteiger partial charge in [0.05, 0.1) is 25.5 Å². The number of amides is 2. The number of piperidine rings is 1. The molecule has 2 N–H and O–H groups in total. The molecule has 1 aliphatic carbocycles. The van der Waals surface area contributed by atoms with E-state index < -0.39 is 12.1 Å². The largest absolute Gasteiger partial charge is 0.490 e. The Bertz CT molecular complexity index is 739. The molecule has 4 rings (SSSR count). The van der Waals surface area contributed by atoms with Gasteiger partial charge in [0.25, 0.3) is 0 Å². The van der Waals surface area contributed by atoms with Gasteiger partial charge in [-0.05, 0) is 44.4 Å². The maximum atomic E-state index is 12.3. The zero-order valence-corrected chi connectivity index (χ0v) is 17.3. The number of alkyl halides is 3. The minimum absolute atomic E-state index is 0.116. The number of carbonyl (C=O) groups excluding carboxylic acids is 1. The average molecular weight is 447 g/mol. The van der Waals surface area contributed by atoms with Crippen molar-refractivity contribution in [1.29, 1.82) is 0 Å². The van der Waals surface area contributed by atoms with E-state index in [1.807, 2.05) is 17.0 Å². The smallest absolute Gasteiger partial charge is 0.475 e. The van der Waals surface area contributed by atoms with Crippen molar-refractivity contribution in [2.24, 2.45) is 11.8 Å². The number of nitrogens with one attached hydrogen (secondary N) is 1. The van der Waals surface area contributed by atoms with Gasteiger partial charge in [0.15, 0.2) is 0 Å². The van der Waals surface area contributed by atoms with Crippen LogP contribution in [0.3, 0.4) is 0 Å². The van der Waals surface area contributed by atoms with Crippen molar-refractivity contribution in [1.82, 2.24) is 15.1 Å². The highest BCUT2D eigenvalue weighted by Gasteiger charge is 2.42. The quantitative estimate of drug-likeness (QED) is 0.721. The number of nitrogens with zero attached hydrogens (tertiary/aromatic N) is 2. The Balaban J connectivity index is 0.000000339. The fourth-order valence-electron chi connectivity index (χ4n) is 3.94. The van der Waals surface area contributed by atoms with Crippen molar-refractivity contribution in [3.63, 3.8) is 0 Å². The lowest BCUT2D eigenvalue weighted by atomic mass is 9.84. The van der Waals surface area contributed by atoms with Crippen LogP contribution in [0.1, 0.15) is 25.0 Å². The molecular weight excluding hydrogens is 419 g/mol. The molecule has 2 aliphatic heterocycles. The lowest BCUT2D eigenvalue weighted by Gasteiger charge is -2.36. The number of carboxylic acids is 1. The van der Waals surface area contributed by atoms with Gasteiger partial charge in [0.2, 0.25) is 0 Å². The third-order valence-electron chi connectivity index (χ3n) is 5.74. The fraction of sp³-hybridized carbons (Fsp3) is 0.700. The predicted octanol–water partition coefficient (Wildman–Crippen LogP) is 2.55. The van der Waals surface area contributed by atoms with E-state index in [0.29, 0.717) is 17.9 Å². The van der Waals surface area contributed by atoms with Crippen molar-refractivity contribution in [3.8, 4) is 0 Å². The van der Waals surface area contributed by atoms with E-state index in [1.165, 1.54) is 0 Å². The lowest BCUT2D eigenvalue weighted by Crippen LogP contribution is -2.50. The minimum Gasteiger partial charge on any atom is -0.475 e. The third-order valence-corrected chi connectivity index (χ3v) is 5.74. The highest BCUT2D eigenvalue weighted by atomic mass is 19.4. The molecule has 3 aliphatic rings. The lowest BCUT2D eigenvalue weighted by molar-refractivity contribution is -0.192. The number of hydrogen-bond donors (Lipinski definition) is 2. The van der Waals surface area contributed by atoms with Crippen molar-refractivity contribution in [3.05, 3.63) is 24.2 Å². The van der Waals surface area contributed by atoms with Crippen LogP contribution in [-0.4, -0.2) is 78.5 Å². The molecular formula is C20H28F3N3O5. The second kappa shape index (κ2) is 9.90. The van der Waals surface area contributed by atoms with Crippen LogP contribution in [0.4, 0.5) is 18.0 Å². The van der Waals surface area contributed by atoms with E-state index in [2.05, 4.69) is 17.3 Å². The van der Waals surface area contributed by atoms with Crippen LogP contribution in [0.25, 0.3) is 0 Å². The summed E-state index contributed by atoms with van der Waals surface area (Å²) in [7, 11) is 2.10. The summed E-state index contributed by atoms with van der Waals surface area (Å²) < 4.78 is 43.2. The molecule has 1 saturated carbocycles. The van der Waals surface area contributed by atoms with E-state index in [-0.39, 0.29) is 12.1 Å². The number of likely N-dealkylation sites (tertiary alicyclic amines) is 1. The summed E-state index contributed by atoms with van der Waals surface area (Å²) in [6.07, 6.45) is 0.153. The Labute approximate surface area is 178 Å². The highest BCUT2D eigenvalue weighted by molar-refractivity contribution is 5.75. The third kappa shape index (κ3) is 6.86. The van der Waals surface area contributed by atoms with Gasteiger partial charge in [-0.2, -0.15) is 13.2 Å². The Hall–Kier alpha value is -2.27. The zero-order chi connectivity index (χ0) is 22.6. The molecule has 0 aromatic carbocycles. The molecule has 3 fully saturated rings. The van der Waals surface area contributed by atoms with Gasteiger partial charge in [-0.3, -0.25) is 4.90 Å². The van der Waals surface area contributed by atoms with Crippen LogP contribution in [0.15, 0.2) is 22.8 Å². The number of aliphatic carboxylic acids is 1. The number of likely N-dealkylation sites (N-methyl/N-ethyl adjacent to an activating group) is 1. The molecule has 3 atom stereocenters. The number of furan rings is 1. The molecule has 174 valence electrons. The van der Waals surface area contributed by atoms with Gasteiger partial charge in [0, 0.05) is 31.6 Å². The van der Waals surface area contributed by atoms with Gasteiger partial charge in [-0.1, -0.05) is 0 Å². The number of carboxylic acid groups (broad SMARTS) is 1. The van der Waals surface area contributed by atoms with Gasteiger partial charge >= 0.3 is 18.2 Å². The van der Waals surface area contributed by atoms with Gasteiger partial charge in [-0.15, -0.1) is 0 Å². The van der Waals surface area contributed by atoms with Crippen molar-refractivity contribution in [2.75, 3.05) is 33.3 Å². The van der Waals surface area contributed by atoms with E-state index in [1.54, 1.807) is 6.26 Å². The van der Waals surface area contributed by atoms with Crippen molar-refractivity contribution < 1.29 is 37.0 Å². The maximum Gasteiger partial charge on any atom is 0.490 e. The van der Waals surface area contributed by atoms with E-state index in [9.17, 15) is 18.0 Å². The molecule has 1 aromatic rings. The minimum atomic E-state index is -5.08. The first-order valence-electron chi connectivity index (χ1n) is 10.3. The molecule has 3 heterocycles. The molecule has 8 nitrogen and oxygen atoms in total. The van der Waals surface area contributed by atoms with Gasteiger partial charge < -0.3 is 24.5 Å². The summed E-state index contributed by atoms with van der Waals surface area (Å²) >= 11 is 0. The first-order chi connectivity index (χ1) is 14.6. The van der Waals surface area contributed by atoms with E-state index in [0.717, 1.165) is 57.8 Å². The Kier molecular flexibility index (Phi) is 7.47. The number of ether oxygens (including phenoxy) is 1. The monoisotopic (exact) mass is 447 g/mol. The van der Waals surface area contributed by atoms with Crippen LogP contribution in [0.2, 0.25) is 0 Å². The van der Waals surface area contributed by atoms with Crippen LogP contribution in [0.5, 0.6) is 0 Å². The summed E-state index contributed by atoms with van der Waals surface area (Å²) in [5.74, 6) is -0.742. The number of rotatable bonds is 5. The predicted molar refractivity (Wildman–Crippen MR) is 103 cm³/mol. The molecule has 1 aromatic heterocycles. The fourth-order valence-corrected chi connectivity index (χ4v) is 3.94. The molecule has 0 bridgehead atoms. The highest BCUT2D eigenvalue weighted by Crippen LogP contribution is 2.35. The van der Waals surface area contributed by atoms with Crippen LogP contribution in [0, 0.1) is 11.8 Å². The molecule has 0 spiro atoms. The molecule has 2 amide bonds. The van der Waals surface area contributed by atoms with Gasteiger partial charge in [-0.25, -0.2) is 9.59 Å². The molecule has 2 saturated heterocycles. The van der Waals surface area contributed by atoms with Crippen LogP contribution in [-0.2, 0) is 16.1 Å². The molecule has 1 unspecified atom stereocenters. The summed E-state index contributed by atoms with van der Waals surface area (Å²) in [5, 5.41) is 10.2. The zero-order valence-electron chi connectivity index (χ0n) is 17.3. The molecule has 0 radical (unpaired) electrons. The average Bonchev–Trinajstić information content (AvgIpc) is 3.20. The van der Waals surface area contributed by atoms with Crippen molar-refractivity contribution in [2.45, 2.75) is 44.1 Å². The van der Waals surface area contributed by atoms with Gasteiger partial charge in [0.1, 0.15) is 5.76 Å². The normalized spacial score (nSPS) is 25.6. The van der Waals surface area contributed by atoms with E-state index in [4.69, 9.17) is 19.1 Å². The summed E-state index contributed by atoms with van der Waals surface area (Å²) in [4.78, 5) is 25.5. The standard InChI is InChI=1S/C18H27N3O3.C2HF3O2/c1-20(9-15-3-2-8-23-15)11-17-16-10-21(7-6-13(16)12-24-17)18(22)19-14-4-5-14;3-2(4,5)1(6)7/h2-3,8,13-14,16-17H,4-7,9-12H2,1H3,(H,19,22);(H,6,7)/t13-,16-,17?;/m0./s1. The second-order valence-corrected chi connectivity index (χ2v) is 8.33. The number of urea groups is 1. The first-order valence-corrected chi connectivity index (χ1v) is 10.3. The summed E-state index contributed by atoms with van der Waals surface area (Å²) in [6, 6.07) is 4.46. The maximum absolute atomic E-state index is 12.3. The van der Waals surface area contributed by atoms with Crippen LogP contribution >= 0.6 is 0 Å². The second-order valence-electron chi connectivity index (χ2n) is 8.33. The summed E-state index contributed by atoms with van der Waals surface area (Å²) in [6.45, 7) is 4.18. The van der Waals surface area contributed by atoms with Crippen LogP contribution < -0.4 is 5.32 Å². The first kappa shape index (κ1) is 23.4. The van der Waals surface area contributed by atoms with Crippen molar-refractivity contribution >= 4 is 12.0 Å². The topological polar surface area (TPSA) is 95.3 Å². The van der Waals surface area contributed by atoms with E-state index >= 15 is 0 Å².